The Kier molecular flexibility index (Phi) is 9.97. The number of carbonyl (C=O) groups is 3. The van der Waals surface area contributed by atoms with Gasteiger partial charge >= 0.3 is 11.9 Å². The van der Waals surface area contributed by atoms with Crippen molar-refractivity contribution in [1.29, 1.82) is 0 Å². The molecule has 178 valence electrons. The number of rotatable bonds is 11. The Hall–Kier alpha value is -2.12. The molecule has 1 unspecified atom stereocenters. The Balaban J connectivity index is 1.96. The van der Waals surface area contributed by atoms with Crippen molar-refractivity contribution in [3.8, 4) is 0 Å². The van der Waals surface area contributed by atoms with Gasteiger partial charge in [-0.1, -0.05) is 29.8 Å². The summed E-state index contributed by atoms with van der Waals surface area (Å²) < 4.78 is 4.62. The second kappa shape index (κ2) is 12.2. The molecule has 2 N–H and O–H groups in total. The number of hydrogen-bond donors (Lipinski definition) is 2. The van der Waals surface area contributed by atoms with Crippen LogP contribution in [-0.4, -0.2) is 60.6 Å². The number of carboxylic acids is 1. The maximum absolute atomic E-state index is 12.8. The molecule has 32 heavy (non-hydrogen) atoms. The van der Waals surface area contributed by atoms with Gasteiger partial charge in [-0.25, -0.2) is 0 Å². The summed E-state index contributed by atoms with van der Waals surface area (Å²) in [4.78, 5) is 37.6. The molecule has 1 aromatic carbocycles. The lowest BCUT2D eigenvalue weighted by Crippen LogP contribution is -2.52. The standard InChI is InChI=1S/C24H35ClN2O5/c1-27(2)24(16-18-7-4-5-9-20(18)25)13-11-19(12-14-24)26-23(31)17(15-21(28)29)8-6-10-22(30)32-3/h4-5,7,9,17,19H,6,8,10-16H2,1-3H3,(H,26,31)(H,28,29). The van der Waals surface area contributed by atoms with Crippen molar-refractivity contribution in [2.45, 2.75) is 69.4 Å². The summed E-state index contributed by atoms with van der Waals surface area (Å²) in [5.41, 5.74) is 1.09. The van der Waals surface area contributed by atoms with Crippen molar-refractivity contribution in [3.05, 3.63) is 34.9 Å². The lowest BCUT2D eigenvalue weighted by Gasteiger charge is -2.45. The second-order valence-corrected chi connectivity index (χ2v) is 9.34. The van der Waals surface area contributed by atoms with E-state index in [1.165, 1.54) is 7.11 Å². The molecule has 1 aliphatic carbocycles. The number of aliphatic carboxylic acids is 1. The Morgan fingerprint density at radius 3 is 2.47 bits per heavy atom. The van der Waals surface area contributed by atoms with Gasteiger partial charge in [-0.2, -0.15) is 0 Å². The normalized spacial score (nSPS) is 21.7. The molecule has 1 aromatic rings. The number of carboxylic acid groups (broad SMARTS) is 1. The molecule has 1 fully saturated rings. The van der Waals surface area contributed by atoms with E-state index >= 15 is 0 Å². The zero-order valence-corrected chi connectivity index (χ0v) is 20.0. The van der Waals surface area contributed by atoms with E-state index in [-0.39, 0.29) is 36.3 Å². The molecule has 1 amide bonds. The van der Waals surface area contributed by atoms with Gasteiger partial charge in [0.25, 0.3) is 0 Å². The summed E-state index contributed by atoms with van der Waals surface area (Å²) in [5, 5.41) is 13.0. The summed E-state index contributed by atoms with van der Waals surface area (Å²) in [6, 6.07) is 7.92. The Morgan fingerprint density at radius 1 is 1.25 bits per heavy atom. The molecular formula is C24H35ClN2O5. The summed E-state index contributed by atoms with van der Waals surface area (Å²) in [5.74, 6) is -2.27. The molecule has 7 nitrogen and oxygen atoms in total. The molecule has 0 bridgehead atoms. The topological polar surface area (TPSA) is 95.9 Å². The lowest BCUT2D eigenvalue weighted by molar-refractivity contribution is -0.142. The van der Waals surface area contributed by atoms with Crippen LogP contribution in [0.3, 0.4) is 0 Å². The number of nitrogens with zero attached hydrogens (tertiary/aromatic N) is 1. The zero-order chi connectivity index (χ0) is 23.7. The predicted octanol–water partition coefficient (Wildman–Crippen LogP) is 3.68. The molecule has 8 heteroatoms. The number of hydrogen-bond acceptors (Lipinski definition) is 5. The van der Waals surface area contributed by atoms with E-state index in [1.54, 1.807) is 0 Å². The molecule has 0 saturated heterocycles. The minimum Gasteiger partial charge on any atom is -0.481 e. The third-order valence-corrected chi connectivity index (χ3v) is 7.01. The van der Waals surface area contributed by atoms with Gasteiger partial charge in [0.15, 0.2) is 0 Å². The quantitative estimate of drug-likeness (QED) is 0.483. The summed E-state index contributed by atoms with van der Waals surface area (Å²) >= 11 is 6.40. The minimum absolute atomic E-state index is 0.0127. The van der Waals surface area contributed by atoms with Crippen LogP contribution in [0.1, 0.15) is 56.9 Å². The number of esters is 1. The number of likely N-dealkylation sites (N-methyl/N-ethyl adjacent to an activating group) is 1. The monoisotopic (exact) mass is 466 g/mol. The predicted molar refractivity (Wildman–Crippen MR) is 124 cm³/mol. The van der Waals surface area contributed by atoms with E-state index in [4.69, 9.17) is 11.6 Å². The van der Waals surface area contributed by atoms with Gasteiger partial charge in [0, 0.05) is 28.9 Å². The van der Waals surface area contributed by atoms with E-state index in [2.05, 4.69) is 35.1 Å². The first-order valence-corrected chi connectivity index (χ1v) is 11.5. The number of methoxy groups -OCH3 is 1. The van der Waals surface area contributed by atoms with Gasteiger partial charge in [0.2, 0.25) is 5.91 Å². The fraction of sp³-hybridized carbons (Fsp3) is 0.625. The van der Waals surface area contributed by atoms with Crippen LogP contribution in [0.5, 0.6) is 0 Å². The van der Waals surface area contributed by atoms with E-state index in [0.717, 1.165) is 42.7 Å². The molecule has 0 aliphatic heterocycles. The highest BCUT2D eigenvalue weighted by molar-refractivity contribution is 6.31. The molecule has 2 rings (SSSR count). The van der Waals surface area contributed by atoms with Gasteiger partial charge < -0.3 is 20.1 Å². The minimum atomic E-state index is -1.02. The Labute approximate surface area is 195 Å². The summed E-state index contributed by atoms with van der Waals surface area (Å²) in [7, 11) is 5.48. The van der Waals surface area contributed by atoms with Crippen molar-refractivity contribution in [3.63, 3.8) is 0 Å². The first kappa shape index (κ1) is 26.1. The highest BCUT2D eigenvalue weighted by Gasteiger charge is 2.38. The van der Waals surface area contributed by atoms with Gasteiger partial charge in [0.1, 0.15) is 0 Å². The number of benzene rings is 1. The van der Waals surface area contributed by atoms with Crippen LogP contribution in [0.2, 0.25) is 5.02 Å². The maximum Gasteiger partial charge on any atom is 0.305 e. The van der Waals surface area contributed by atoms with Crippen molar-refractivity contribution in [1.82, 2.24) is 10.2 Å². The largest absolute Gasteiger partial charge is 0.481 e. The van der Waals surface area contributed by atoms with Crippen LogP contribution in [0.4, 0.5) is 0 Å². The number of ether oxygens (including phenoxy) is 1. The molecule has 0 heterocycles. The molecule has 1 saturated carbocycles. The van der Waals surface area contributed by atoms with Crippen molar-refractivity contribution in [2.24, 2.45) is 5.92 Å². The van der Waals surface area contributed by atoms with Crippen LogP contribution in [-0.2, 0) is 25.5 Å². The molecule has 0 radical (unpaired) electrons. The average Bonchev–Trinajstić information content (AvgIpc) is 2.75. The van der Waals surface area contributed by atoms with E-state index in [0.29, 0.717) is 12.8 Å². The van der Waals surface area contributed by atoms with E-state index < -0.39 is 11.9 Å². The lowest BCUT2D eigenvalue weighted by atomic mass is 9.74. The first-order chi connectivity index (χ1) is 15.2. The zero-order valence-electron chi connectivity index (χ0n) is 19.2. The van der Waals surface area contributed by atoms with Crippen LogP contribution in [0, 0.1) is 5.92 Å². The van der Waals surface area contributed by atoms with Gasteiger partial charge in [-0.05, 0) is 70.7 Å². The number of nitrogens with one attached hydrogen (secondary N) is 1. The molecular weight excluding hydrogens is 432 g/mol. The second-order valence-electron chi connectivity index (χ2n) is 8.93. The first-order valence-electron chi connectivity index (χ1n) is 11.2. The van der Waals surface area contributed by atoms with Crippen LogP contribution in [0.15, 0.2) is 24.3 Å². The van der Waals surface area contributed by atoms with Gasteiger partial charge in [0.05, 0.1) is 13.5 Å². The Morgan fingerprint density at radius 2 is 1.91 bits per heavy atom. The van der Waals surface area contributed by atoms with Crippen LogP contribution in [0.25, 0.3) is 0 Å². The summed E-state index contributed by atoms with van der Waals surface area (Å²) in [6.07, 6.45) is 4.98. The van der Waals surface area contributed by atoms with Gasteiger partial charge in [-0.3, -0.25) is 14.4 Å². The molecule has 1 atom stereocenters. The molecule has 0 aromatic heterocycles. The van der Waals surface area contributed by atoms with Crippen LogP contribution >= 0.6 is 11.6 Å². The number of carbonyl (C=O) groups excluding carboxylic acids is 2. The third kappa shape index (κ3) is 7.48. The maximum atomic E-state index is 12.8. The average molecular weight is 467 g/mol. The molecule has 0 spiro atoms. The van der Waals surface area contributed by atoms with Gasteiger partial charge in [-0.15, -0.1) is 0 Å². The van der Waals surface area contributed by atoms with Crippen molar-refractivity contribution >= 4 is 29.4 Å². The highest BCUT2D eigenvalue weighted by atomic mass is 35.5. The SMILES string of the molecule is COC(=O)CCCC(CC(=O)O)C(=O)NC1CCC(Cc2ccccc2Cl)(N(C)C)CC1. The van der Waals surface area contributed by atoms with Crippen molar-refractivity contribution < 1.29 is 24.2 Å². The highest BCUT2D eigenvalue weighted by Crippen LogP contribution is 2.37. The van der Waals surface area contributed by atoms with E-state index in [1.807, 2.05) is 18.2 Å². The van der Waals surface area contributed by atoms with Crippen LogP contribution < -0.4 is 5.32 Å². The third-order valence-electron chi connectivity index (χ3n) is 6.64. The number of halogens is 1. The summed E-state index contributed by atoms with van der Waals surface area (Å²) in [6.45, 7) is 0. The van der Waals surface area contributed by atoms with E-state index in [9.17, 15) is 19.5 Å². The smallest absolute Gasteiger partial charge is 0.305 e. The fourth-order valence-corrected chi connectivity index (χ4v) is 4.73. The number of amides is 1. The fourth-order valence-electron chi connectivity index (χ4n) is 4.53. The molecule has 1 aliphatic rings. The van der Waals surface area contributed by atoms with Crippen molar-refractivity contribution in [2.75, 3.05) is 21.2 Å². The Bertz CT molecular complexity index is 790.